The molecule has 1 aromatic carbocycles. The number of aliphatic imine (C=N–C) groups is 1. The Bertz CT molecular complexity index is 697. The van der Waals surface area contributed by atoms with E-state index in [1.54, 1.807) is 0 Å². The monoisotopic (exact) mass is 400 g/mol. The summed E-state index contributed by atoms with van der Waals surface area (Å²) in [6, 6.07) is 15.2. The van der Waals surface area contributed by atoms with Crippen molar-refractivity contribution in [3.63, 3.8) is 0 Å². The van der Waals surface area contributed by atoms with Gasteiger partial charge in [0.2, 0.25) is 0 Å². The summed E-state index contributed by atoms with van der Waals surface area (Å²) >= 11 is 1.82. The third-order valence-electron chi connectivity index (χ3n) is 5.13. The van der Waals surface area contributed by atoms with Crippen molar-refractivity contribution in [2.75, 3.05) is 38.2 Å². The number of piperidine rings is 1. The van der Waals surface area contributed by atoms with E-state index in [0.717, 1.165) is 51.5 Å². The van der Waals surface area contributed by atoms with Gasteiger partial charge in [0.05, 0.1) is 11.1 Å². The van der Waals surface area contributed by atoms with Crippen LogP contribution in [0, 0.1) is 0 Å². The van der Waals surface area contributed by atoms with Crippen molar-refractivity contribution in [1.29, 1.82) is 0 Å². The molecule has 1 aliphatic heterocycles. The Balaban J connectivity index is 1.30. The lowest BCUT2D eigenvalue weighted by Crippen LogP contribution is -2.48. The minimum Gasteiger partial charge on any atom is -0.374 e. The first-order valence-corrected chi connectivity index (χ1v) is 11.1. The van der Waals surface area contributed by atoms with Crippen LogP contribution in [0.3, 0.4) is 0 Å². The zero-order valence-electron chi connectivity index (χ0n) is 16.9. The summed E-state index contributed by atoms with van der Waals surface area (Å²) in [6.45, 7) is 5.89. The maximum Gasteiger partial charge on any atom is 0.191 e. The Morgan fingerprint density at radius 3 is 2.68 bits per heavy atom. The lowest BCUT2D eigenvalue weighted by atomic mass is 10.1. The Labute approximate surface area is 172 Å². The standard InChI is InChI=1S/C22H32N4OS/c1-18(19-8-4-3-5-9-19)27-16-7-13-24-22(23-2)25-20-11-14-26(15-12-20)21-10-6-17-28-21/h3-6,8-10,17-18,20H,7,11-16H2,1-2H3,(H2,23,24,25). The van der Waals surface area contributed by atoms with Crippen LogP contribution in [0.15, 0.2) is 52.8 Å². The molecule has 2 heterocycles. The topological polar surface area (TPSA) is 48.9 Å². The second kappa shape index (κ2) is 11.1. The van der Waals surface area contributed by atoms with Gasteiger partial charge >= 0.3 is 0 Å². The molecule has 6 heteroatoms. The van der Waals surface area contributed by atoms with Gasteiger partial charge in [-0.2, -0.15) is 0 Å². The quantitative estimate of drug-likeness (QED) is 0.399. The summed E-state index contributed by atoms with van der Waals surface area (Å²) in [7, 11) is 1.84. The number of hydrogen-bond acceptors (Lipinski definition) is 4. The van der Waals surface area contributed by atoms with E-state index in [1.807, 2.05) is 24.5 Å². The molecule has 0 spiro atoms. The van der Waals surface area contributed by atoms with Crippen LogP contribution >= 0.6 is 11.3 Å². The predicted octanol–water partition coefficient (Wildman–Crippen LogP) is 4.05. The molecule has 152 valence electrons. The van der Waals surface area contributed by atoms with E-state index in [2.05, 4.69) is 69.2 Å². The van der Waals surface area contributed by atoms with Gasteiger partial charge in [0, 0.05) is 39.3 Å². The highest BCUT2D eigenvalue weighted by Gasteiger charge is 2.20. The van der Waals surface area contributed by atoms with E-state index >= 15 is 0 Å². The van der Waals surface area contributed by atoms with Crippen molar-refractivity contribution < 1.29 is 4.74 Å². The fourth-order valence-corrected chi connectivity index (χ4v) is 4.23. The van der Waals surface area contributed by atoms with Gasteiger partial charge in [-0.25, -0.2) is 0 Å². The third kappa shape index (κ3) is 6.24. The van der Waals surface area contributed by atoms with Crippen molar-refractivity contribution in [2.45, 2.75) is 38.3 Å². The first kappa shape index (κ1) is 20.7. The molecular formula is C22H32N4OS. The second-order valence-corrected chi connectivity index (χ2v) is 8.06. The normalized spacial score (nSPS) is 16.8. The van der Waals surface area contributed by atoms with Crippen molar-refractivity contribution in [3.8, 4) is 0 Å². The Hall–Kier alpha value is -2.05. The van der Waals surface area contributed by atoms with E-state index in [4.69, 9.17) is 4.74 Å². The molecule has 0 saturated carbocycles. The number of benzene rings is 1. The zero-order valence-corrected chi connectivity index (χ0v) is 17.8. The minimum absolute atomic E-state index is 0.132. The van der Waals surface area contributed by atoms with Gasteiger partial charge < -0.3 is 20.3 Å². The van der Waals surface area contributed by atoms with Crippen LogP contribution in [-0.4, -0.2) is 45.3 Å². The average molecular weight is 401 g/mol. The molecule has 0 aliphatic carbocycles. The maximum absolute atomic E-state index is 5.94. The lowest BCUT2D eigenvalue weighted by molar-refractivity contribution is 0.0646. The number of anilines is 1. The van der Waals surface area contributed by atoms with Gasteiger partial charge in [0.15, 0.2) is 5.96 Å². The molecule has 0 bridgehead atoms. The molecule has 0 amide bonds. The number of ether oxygens (including phenoxy) is 1. The van der Waals surface area contributed by atoms with Gasteiger partial charge in [-0.1, -0.05) is 30.3 Å². The average Bonchev–Trinajstić information content (AvgIpc) is 3.28. The molecule has 1 aliphatic rings. The predicted molar refractivity (Wildman–Crippen MR) is 119 cm³/mol. The fourth-order valence-electron chi connectivity index (χ4n) is 3.44. The lowest BCUT2D eigenvalue weighted by Gasteiger charge is -2.33. The van der Waals surface area contributed by atoms with Crippen molar-refractivity contribution in [3.05, 3.63) is 53.4 Å². The summed E-state index contributed by atoms with van der Waals surface area (Å²) < 4.78 is 5.94. The van der Waals surface area contributed by atoms with Crippen LogP contribution in [-0.2, 0) is 4.74 Å². The SMILES string of the molecule is CN=C(NCCCOC(C)c1ccccc1)NC1CCN(c2cccs2)CC1. The van der Waals surface area contributed by atoms with Crippen LogP contribution in [0.5, 0.6) is 0 Å². The first-order valence-electron chi connectivity index (χ1n) is 10.2. The molecule has 1 atom stereocenters. The number of nitrogens with zero attached hydrogens (tertiary/aromatic N) is 2. The number of rotatable bonds is 8. The molecule has 2 aromatic rings. The summed E-state index contributed by atoms with van der Waals surface area (Å²) in [4.78, 5) is 6.85. The van der Waals surface area contributed by atoms with Crippen LogP contribution in [0.4, 0.5) is 5.00 Å². The van der Waals surface area contributed by atoms with E-state index in [9.17, 15) is 0 Å². The number of thiophene rings is 1. The van der Waals surface area contributed by atoms with Crippen molar-refractivity contribution in [1.82, 2.24) is 10.6 Å². The molecule has 28 heavy (non-hydrogen) atoms. The summed E-state index contributed by atoms with van der Waals surface area (Å²) in [5.74, 6) is 0.894. The van der Waals surface area contributed by atoms with Gasteiger partial charge in [0.25, 0.3) is 0 Å². The van der Waals surface area contributed by atoms with Crippen LogP contribution < -0.4 is 15.5 Å². The van der Waals surface area contributed by atoms with Crippen LogP contribution in [0.1, 0.15) is 37.9 Å². The van der Waals surface area contributed by atoms with Crippen LogP contribution in [0.25, 0.3) is 0 Å². The summed E-state index contributed by atoms with van der Waals surface area (Å²) in [5.41, 5.74) is 1.22. The first-order chi connectivity index (χ1) is 13.8. The zero-order chi connectivity index (χ0) is 19.6. The number of guanidine groups is 1. The van der Waals surface area contributed by atoms with Crippen molar-refractivity contribution >= 4 is 22.3 Å². The van der Waals surface area contributed by atoms with Gasteiger partial charge in [-0.05, 0) is 49.3 Å². The fraction of sp³-hybridized carbons (Fsp3) is 0.500. The van der Waals surface area contributed by atoms with Gasteiger partial charge in [-0.3, -0.25) is 4.99 Å². The van der Waals surface area contributed by atoms with Gasteiger partial charge in [0.1, 0.15) is 0 Å². The number of nitrogens with one attached hydrogen (secondary N) is 2. The van der Waals surface area contributed by atoms with Gasteiger partial charge in [-0.15, -0.1) is 11.3 Å². The summed E-state index contributed by atoms with van der Waals surface area (Å²) in [6.07, 6.45) is 3.36. The second-order valence-electron chi connectivity index (χ2n) is 7.13. The molecular weight excluding hydrogens is 368 g/mol. The van der Waals surface area contributed by atoms with Crippen molar-refractivity contribution in [2.24, 2.45) is 4.99 Å². The third-order valence-corrected chi connectivity index (χ3v) is 6.06. The molecule has 1 fully saturated rings. The maximum atomic E-state index is 5.94. The largest absolute Gasteiger partial charge is 0.374 e. The molecule has 0 radical (unpaired) electrons. The highest BCUT2D eigenvalue weighted by atomic mass is 32.1. The minimum atomic E-state index is 0.132. The van der Waals surface area contributed by atoms with E-state index in [0.29, 0.717) is 6.04 Å². The molecule has 3 rings (SSSR count). The molecule has 1 saturated heterocycles. The number of hydrogen-bond donors (Lipinski definition) is 2. The van der Waals surface area contributed by atoms with E-state index < -0.39 is 0 Å². The highest BCUT2D eigenvalue weighted by molar-refractivity contribution is 7.14. The Morgan fingerprint density at radius 1 is 1.21 bits per heavy atom. The smallest absolute Gasteiger partial charge is 0.191 e. The van der Waals surface area contributed by atoms with E-state index in [1.165, 1.54) is 10.6 Å². The summed E-state index contributed by atoms with van der Waals surface area (Å²) in [5, 5.41) is 10.5. The molecule has 5 nitrogen and oxygen atoms in total. The molecule has 2 N–H and O–H groups in total. The van der Waals surface area contributed by atoms with E-state index in [-0.39, 0.29) is 6.10 Å². The molecule has 1 unspecified atom stereocenters. The Morgan fingerprint density at radius 2 is 2.00 bits per heavy atom. The van der Waals surface area contributed by atoms with Crippen LogP contribution in [0.2, 0.25) is 0 Å². The molecule has 1 aromatic heterocycles. The highest BCUT2D eigenvalue weighted by Crippen LogP contribution is 2.24. The Kier molecular flexibility index (Phi) is 8.18.